The Balaban J connectivity index is 0. The summed E-state index contributed by atoms with van der Waals surface area (Å²) in [6.07, 6.45) is 54.2. The molecule has 0 fully saturated rings. The van der Waals surface area contributed by atoms with Gasteiger partial charge in [-0.25, -0.2) is 9.59 Å². The maximum atomic E-state index is 10.5. The number of aliphatic carboxylic acids is 2. The van der Waals surface area contributed by atoms with E-state index in [1.54, 1.807) is 0 Å². The Kier molecular flexibility index (Phi) is 47.9. The zero-order valence-electron chi connectivity index (χ0n) is 35.9. The lowest BCUT2D eigenvalue weighted by molar-refractivity contribution is -0.147. The summed E-state index contributed by atoms with van der Waals surface area (Å²) in [7, 11) is 0. The second-order valence-corrected chi connectivity index (χ2v) is 16.0. The number of carboxylic acid groups (broad SMARTS) is 2. The van der Waals surface area contributed by atoms with Gasteiger partial charge in [-0.05, 0) is 64.2 Å². The van der Waals surface area contributed by atoms with Crippen LogP contribution in [-0.2, 0) is 9.59 Å². The van der Waals surface area contributed by atoms with E-state index < -0.39 is 24.1 Å². The predicted molar refractivity (Wildman–Crippen MR) is 232 cm³/mol. The van der Waals surface area contributed by atoms with Crippen LogP contribution in [0.3, 0.4) is 0 Å². The van der Waals surface area contributed by atoms with Gasteiger partial charge in [0.25, 0.3) is 0 Å². The lowest BCUT2D eigenvalue weighted by atomic mass is 10.0. The van der Waals surface area contributed by atoms with Crippen LogP contribution in [0.15, 0.2) is 24.3 Å². The number of allylic oxidation sites excluding steroid dienone is 4. The van der Waals surface area contributed by atoms with Crippen molar-refractivity contribution < 1.29 is 30.0 Å². The van der Waals surface area contributed by atoms with Gasteiger partial charge in [0.05, 0.1) is 0 Å². The fourth-order valence-corrected chi connectivity index (χ4v) is 6.83. The summed E-state index contributed by atoms with van der Waals surface area (Å²) < 4.78 is 0. The predicted octanol–water partition coefficient (Wildman–Crippen LogP) is 14.8. The second kappa shape index (κ2) is 47.5. The molecule has 2 unspecified atom stereocenters. The fourth-order valence-electron chi connectivity index (χ4n) is 6.83. The van der Waals surface area contributed by atoms with Gasteiger partial charge in [0, 0.05) is 0 Å². The first-order chi connectivity index (χ1) is 26.4. The zero-order chi connectivity index (χ0) is 40.0. The van der Waals surface area contributed by atoms with Crippen molar-refractivity contribution in [1.82, 2.24) is 0 Å². The van der Waals surface area contributed by atoms with Crippen LogP contribution < -0.4 is 0 Å². The molecule has 0 aromatic heterocycles. The van der Waals surface area contributed by atoms with Crippen LogP contribution in [0.2, 0.25) is 0 Å². The SMILES string of the molecule is CCCCCCCC/C=C\CCCCCCCCCCCCC(O)C(=O)O.CCCCCCCC/C=C\CCCCCCCCCCCCC(O)C(=O)O. The number of unbranched alkanes of at least 4 members (excludes halogenated alkanes) is 32. The van der Waals surface area contributed by atoms with Crippen molar-refractivity contribution >= 4 is 11.9 Å². The molecule has 320 valence electrons. The number of aliphatic hydroxyl groups is 2. The summed E-state index contributed by atoms with van der Waals surface area (Å²) in [4.78, 5) is 21.0. The lowest BCUT2D eigenvalue weighted by Gasteiger charge is -2.05. The molecule has 0 aromatic rings. The van der Waals surface area contributed by atoms with Crippen LogP contribution in [0.25, 0.3) is 0 Å². The molecule has 0 saturated carbocycles. The first-order valence-corrected chi connectivity index (χ1v) is 23.5. The minimum Gasteiger partial charge on any atom is -0.479 e. The summed E-state index contributed by atoms with van der Waals surface area (Å²) in [6.45, 7) is 4.54. The molecule has 6 nitrogen and oxygen atoms in total. The van der Waals surface area contributed by atoms with E-state index in [-0.39, 0.29) is 0 Å². The van der Waals surface area contributed by atoms with E-state index in [0.717, 1.165) is 38.5 Å². The average molecular weight is 765 g/mol. The molecule has 0 bridgehead atoms. The molecule has 0 aliphatic rings. The molecular weight excluding hydrogens is 673 g/mol. The normalized spacial score (nSPS) is 12.7. The topological polar surface area (TPSA) is 115 Å². The van der Waals surface area contributed by atoms with E-state index in [1.165, 1.54) is 193 Å². The Labute approximate surface area is 335 Å². The van der Waals surface area contributed by atoms with Crippen LogP contribution in [0, 0.1) is 0 Å². The van der Waals surface area contributed by atoms with Crippen molar-refractivity contribution in [2.75, 3.05) is 0 Å². The second-order valence-electron chi connectivity index (χ2n) is 16.0. The number of rotatable bonds is 42. The minimum atomic E-state index is -1.17. The average Bonchev–Trinajstić information content (AvgIpc) is 3.16. The highest BCUT2D eigenvalue weighted by atomic mass is 16.4. The zero-order valence-corrected chi connectivity index (χ0v) is 35.9. The summed E-state index contributed by atoms with van der Waals surface area (Å²) in [5, 5.41) is 35.5. The highest BCUT2D eigenvalue weighted by Gasteiger charge is 2.12. The summed E-state index contributed by atoms with van der Waals surface area (Å²) in [6, 6.07) is 0. The quantitative estimate of drug-likeness (QED) is 0.0363. The van der Waals surface area contributed by atoms with Crippen LogP contribution in [-0.4, -0.2) is 44.6 Å². The molecule has 0 saturated heterocycles. The molecule has 0 spiro atoms. The number of carboxylic acids is 2. The van der Waals surface area contributed by atoms with E-state index in [2.05, 4.69) is 38.2 Å². The standard InChI is InChI=1S/2C24H46O3/c2*1-2-3-4-5-6-7-8-9-10-11-12-13-14-15-16-17-18-19-20-21-22-23(25)24(26)27/h2*9-10,23,25H,2-8,11-22H2,1H3,(H,26,27)/b2*10-9-. The Morgan fingerprint density at radius 3 is 0.722 bits per heavy atom. The largest absolute Gasteiger partial charge is 0.479 e. The van der Waals surface area contributed by atoms with Crippen molar-refractivity contribution in [1.29, 1.82) is 0 Å². The van der Waals surface area contributed by atoms with Gasteiger partial charge in [0.15, 0.2) is 12.2 Å². The van der Waals surface area contributed by atoms with Crippen LogP contribution in [0.1, 0.15) is 258 Å². The molecule has 0 aliphatic heterocycles. The number of aliphatic hydroxyl groups excluding tert-OH is 2. The molecule has 0 heterocycles. The third-order valence-electron chi connectivity index (χ3n) is 10.5. The molecule has 0 aromatic carbocycles. The van der Waals surface area contributed by atoms with E-state index in [1.807, 2.05) is 0 Å². The summed E-state index contributed by atoms with van der Waals surface area (Å²) in [5.74, 6) is -2.19. The summed E-state index contributed by atoms with van der Waals surface area (Å²) in [5.41, 5.74) is 0. The van der Waals surface area contributed by atoms with E-state index in [4.69, 9.17) is 10.2 Å². The Morgan fingerprint density at radius 2 is 0.519 bits per heavy atom. The highest BCUT2D eigenvalue weighted by Crippen LogP contribution is 2.15. The molecule has 0 aliphatic carbocycles. The lowest BCUT2D eigenvalue weighted by Crippen LogP contribution is -2.18. The molecule has 6 heteroatoms. The van der Waals surface area contributed by atoms with Crippen LogP contribution >= 0.6 is 0 Å². The monoisotopic (exact) mass is 765 g/mol. The maximum Gasteiger partial charge on any atom is 0.332 e. The van der Waals surface area contributed by atoms with Gasteiger partial charge >= 0.3 is 11.9 Å². The van der Waals surface area contributed by atoms with Crippen LogP contribution in [0.5, 0.6) is 0 Å². The van der Waals surface area contributed by atoms with Crippen LogP contribution in [0.4, 0.5) is 0 Å². The molecular formula is C48H92O6. The smallest absolute Gasteiger partial charge is 0.332 e. The Morgan fingerprint density at radius 1 is 0.333 bits per heavy atom. The molecule has 2 atom stereocenters. The molecule has 0 amide bonds. The van der Waals surface area contributed by atoms with Gasteiger partial charge in [-0.2, -0.15) is 0 Å². The molecule has 4 N–H and O–H groups in total. The number of carbonyl (C=O) groups is 2. The van der Waals surface area contributed by atoms with Gasteiger partial charge in [0.2, 0.25) is 0 Å². The van der Waals surface area contributed by atoms with Crippen molar-refractivity contribution in [3.05, 3.63) is 24.3 Å². The Hall–Kier alpha value is -1.66. The Bertz CT molecular complexity index is 743. The van der Waals surface area contributed by atoms with Crippen molar-refractivity contribution in [3.8, 4) is 0 Å². The molecule has 0 radical (unpaired) electrons. The molecule has 0 rings (SSSR count). The van der Waals surface area contributed by atoms with Gasteiger partial charge in [-0.3, -0.25) is 0 Å². The van der Waals surface area contributed by atoms with E-state index in [9.17, 15) is 19.8 Å². The first-order valence-electron chi connectivity index (χ1n) is 23.5. The van der Waals surface area contributed by atoms with E-state index >= 15 is 0 Å². The highest BCUT2D eigenvalue weighted by molar-refractivity contribution is 5.72. The van der Waals surface area contributed by atoms with Crippen molar-refractivity contribution in [2.24, 2.45) is 0 Å². The number of hydrogen-bond donors (Lipinski definition) is 4. The third-order valence-corrected chi connectivity index (χ3v) is 10.5. The minimum absolute atomic E-state index is 0.392. The third kappa shape index (κ3) is 48.4. The van der Waals surface area contributed by atoms with E-state index in [0.29, 0.717) is 12.8 Å². The van der Waals surface area contributed by atoms with Crippen molar-refractivity contribution in [2.45, 2.75) is 270 Å². The fraction of sp³-hybridized carbons (Fsp3) is 0.875. The first kappa shape index (κ1) is 54.4. The van der Waals surface area contributed by atoms with Gasteiger partial charge in [0.1, 0.15) is 0 Å². The molecule has 54 heavy (non-hydrogen) atoms. The van der Waals surface area contributed by atoms with Gasteiger partial charge in [-0.1, -0.05) is 218 Å². The number of hydrogen-bond acceptors (Lipinski definition) is 4. The summed E-state index contributed by atoms with van der Waals surface area (Å²) >= 11 is 0. The van der Waals surface area contributed by atoms with Crippen molar-refractivity contribution in [3.63, 3.8) is 0 Å². The van der Waals surface area contributed by atoms with Gasteiger partial charge < -0.3 is 20.4 Å². The maximum absolute atomic E-state index is 10.5. The van der Waals surface area contributed by atoms with Gasteiger partial charge in [-0.15, -0.1) is 0 Å².